The average molecular weight is 260 g/mol. The number of hydrogen-bond donors (Lipinski definition) is 1. The third-order valence-electron chi connectivity index (χ3n) is 5.89. The number of nitrogens with zero attached hydrogens (tertiary/aromatic N) is 1. The van der Waals surface area contributed by atoms with E-state index in [0.29, 0.717) is 17.7 Å². The molecule has 4 aliphatic carbocycles. The highest BCUT2D eigenvalue weighted by atomic mass is 16.5. The van der Waals surface area contributed by atoms with Crippen molar-refractivity contribution >= 4 is 5.82 Å². The zero-order valence-electron chi connectivity index (χ0n) is 11.9. The van der Waals surface area contributed by atoms with Gasteiger partial charge in [-0.2, -0.15) is 0 Å². The number of aromatic nitrogens is 1. The molecule has 0 saturated heterocycles. The molecule has 5 rings (SSSR count). The minimum Gasteiger partial charge on any atom is -0.381 e. The maximum absolute atomic E-state index is 6.03. The van der Waals surface area contributed by atoms with Crippen molar-refractivity contribution < 1.29 is 4.52 Å². The normalized spacial score (nSPS) is 40.3. The van der Waals surface area contributed by atoms with Gasteiger partial charge < -0.3 is 10.3 Å². The number of hydrogen-bond acceptors (Lipinski definition) is 3. The fraction of sp³-hybridized carbons (Fsp3) is 0.812. The van der Waals surface area contributed by atoms with E-state index in [1.54, 1.807) is 0 Å². The molecule has 19 heavy (non-hydrogen) atoms. The molecule has 104 valence electrons. The van der Waals surface area contributed by atoms with Crippen LogP contribution in [0.4, 0.5) is 5.82 Å². The molecule has 2 N–H and O–H groups in total. The van der Waals surface area contributed by atoms with Gasteiger partial charge in [-0.25, -0.2) is 0 Å². The highest BCUT2D eigenvalue weighted by molar-refractivity contribution is 5.44. The van der Waals surface area contributed by atoms with E-state index in [0.717, 1.165) is 29.4 Å². The molecule has 1 aromatic heterocycles. The summed E-state index contributed by atoms with van der Waals surface area (Å²) in [4.78, 5) is 0. The Balaban J connectivity index is 1.73. The summed E-state index contributed by atoms with van der Waals surface area (Å²) < 4.78 is 5.71. The highest BCUT2D eigenvalue weighted by Crippen LogP contribution is 2.60. The van der Waals surface area contributed by atoms with Gasteiger partial charge in [-0.1, -0.05) is 19.0 Å². The molecular formula is C16H24N2O. The lowest BCUT2D eigenvalue weighted by atomic mass is 9.51. The van der Waals surface area contributed by atoms with Crippen molar-refractivity contribution in [2.45, 2.75) is 57.8 Å². The Labute approximate surface area is 114 Å². The van der Waals surface area contributed by atoms with Crippen LogP contribution in [0, 0.1) is 23.7 Å². The number of nitrogens with two attached hydrogens (primary N) is 1. The maximum atomic E-state index is 6.03. The van der Waals surface area contributed by atoms with E-state index in [4.69, 9.17) is 10.3 Å². The molecule has 1 heterocycles. The van der Waals surface area contributed by atoms with Crippen LogP contribution in [0.2, 0.25) is 0 Å². The second kappa shape index (κ2) is 4.00. The van der Waals surface area contributed by atoms with E-state index in [9.17, 15) is 0 Å². The largest absolute Gasteiger partial charge is 0.381 e. The number of anilines is 1. The van der Waals surface area contributed by atoms with Crippen molar-refractivity contribution in [1.29, 1.82) is 0 Å². The van der Waals surface area contributed by atoms with Crippen LogP contribution >= 0.6 is 0 Å². The summed E-state index contributed by atoms with van der Waals surface area (Å²) in [6.45, 7) is 4.39. The Kier molecular flexibility index (Phi) is 2.49. The zero-order valence-corrected chi connectivity index (χ0v) is 11.9. The Morgan fingerprint density at radius 3 is 2.16 bits per heavy atom. The molecule has 3 nitrogen and oxygen atoms in total. The van der Waals surface area contributed by atoms with Gasteiger partial charge in [-0.3, -0.25) is 0 Å². The first-order chi connectivity index (χ1) is 9.13. The first kappa shape index (κ1) is 11.8. The van der Waals surface area contributed by atoms with Crippen molar-refractivity contribution in [3.63, 3.8) is 0 Å². The summed E-state index contributed by atoms with van der Waals surface area (Å²) in [5.41, 5.74) is 7.22. The summed E-state index contributed by atoms with van der Waals surface area (Å²) >= 11 is 0. The van der Waals surface area contributed by atoms with E-state index in [2.05, 4.69) is 19.0 Å². The van der Waals surface area contributed by atoms with Crippen molar-refractivity contribution in [3.8, 4) is 0 Å². The molecule has 0 unspecified atom stereocenters. The summed E-state index contributed by atoms with van der Waals surface area (Å²) in [5, 5.41) is 4.07. The van der Waals surface area contributed by atoms with E-state index >= 15 is 0 Å². The molecule has 0 radical (unpaired) electrons. The predicted octanol–water partition coefficient (Wildman–Crippen LogP) is 3.92. The van der Waals surface area contributed by atoms with Crippen LogP contribution in [0.5, 0.6) is 0 Å². The second-order valence-electron chi connectivity index (χ2n) is 7.46. The highest BCUT2D eigenvalue weighted by Gasteiger charge is 2.50. The monoisotopic (exact) mass is 260 g/mol. The molecular weight excluding hydrogens is 236 g/mol. The number of nitrogen functional groups attached to an aromatic ring is 1. The topological polar surface area (TPSA) is 52.0 Å². The van der Waals surface area contributed by atoms with E-state index in [1.807, 2.05) is 0 Å². The van der Waals surface area contributed by atoms with Gasteiger partial charge in [0.15, 0.2) is 5.82 Å². The van der Waals surface area contributed by atoms with Crippen LogP contribution in [0.25, 0.3) is 0 Å². The van der Waals surface area contributed by atoms with Crippen LogP contribution in [0.1, 0.15) is 69.1 Å². The summed E-state index contributed by atoms with van der Waals surface area (Å²) in [6.07, 6.45) is 7.15. The molecule has 0 aromatic carbocycles. The predicted molar refractivity (Wildman–Crippen MR) is 74.8 cm³/mol. The molecule has 4 fully saturated rings. The van der Waals surface area contributed by atoms with Crippen molar-refractivity contribution in [1.82, 2.24) is 5.16 Å². The first-order valence-corrected chi connectivity index (χ1v) is 7.88. The summed E-state index contributed by atoms with van der Waals surface area (Å²) in [5.74, 6) is 6.46. The fourth-order valence-electron chi connectivity index (χ4n) is 5.50. The van der Waals surface area contributed by atoms with Gasteiger partial charge in [0.2, 0.25) is 0 Å². The Morgan fingerprint density at radius 1 is 1.05 bits per heavy atom. The van der Waals surface area contributed by atoms with Crippen molar-refractivity contribution in [3.05, 3.63) is 11.3 Å². The number of rotatable bonds is 2. The Bertz CT molecular complexity index is 463. The standard InChI is InChI=1S/C16H24N2O/c1-8(2)13-15(19-18-16(13)17)14-11-4-9-3-10(6-11)7-12(14)5-9/h8-12,14H,3-7H2,1-2H3,(H2,17,18). The van der Waals surface area contributed by atoms with Crippen molar-refractivity contribution in [2.75, 3.05) is 5.73 Å². The Hall–Kier alpha value is -0.990. The van der Waals surface area contributed by atoms with Crippen LogP contribution in [0.3, 0.4) is 0 Å². The molecule has 0 amide bonds. The van der Waals surface area contributed by atoms with Gasteiger partial charge in [-0.15, -0.1) is 0 Å². The SMILES string of the molecule is CC(C)c1c(N)noc1C1C2CC3CC(C2)CC1C3. The van der Waals surface area contributed by atoms with E-state index < -0.39 is 0 Å². The lowest BCUT2D eigenvalue weighted by molar-refractivity contribution is -0.0118. The molecule has 4 bridgehead atoms. The van der Waals surface area contributed by atoms with Crippen LogP contribution in [-0.4, -0.2) is 5.16 Å². The van der Waals surface area contributed by atoms with Crippen molar-refractivity contribution in [2.24, 2.45) is 23.7 Å². The molecule has 0 spiro atoms. The molecule has 4 aliphatic rings. The van der Waals surface area contributed by atoms with Crippen LogP contribution < -0.4 is 5.73 Å². The first-order valence-electron chi connectivity index (χ1n) is 7.88. The molecule has 3 heteroatoms. The van der Waals surface area contributed by atoms with Gasteiger partial charge in [0.05, 0.1) is 0 Å². The van der Waals surface area contributed by atoms with Crippen LogP contribution in [-0.2, 0) is 0 Å². The summed E-state index contributed by atoms with van der Waals surface area (Å²) in [7, 11) is 0. The van der Waals surface area contributed by atoms with Gasteiger partial charge in [-0.05, 0) is 61.7 Å². The van der Waals surface area contributed by atoms with Gasteiger partial charge in [0, 0.05) is 11.5 Å². The van der Waals surface area contributed by atoms with Crippen LogP contribution in [0.15, 0.2) is 4.52 Å². The van der Waals surface area contributed by atoms with Gasteiger partial charge in [0.25, 0.3) is 0 Å². The van der Waals surface area contributed by atoms with Gasteiger partial charge in [0.1, 0.15) is 5.76 Å². The molecule has 0 aliphatic heterocycles. The van der Waals surface area contributed by atoms with Gasteiger partial charge >= 0.3 is 0 Å². The molecule has 0 atom stereocenters. The lowest BCUT2D eigenvalue weighted by Crippen LogP contribution is -2.43. The third kappa shape index (κ3) is 1.66. The van der Waals surface area contributed by atoms with E-state index in [1.165, 1.54) is 37.7 Å². The maximum Gasteiger partial charge on any atom is 0.170 e. The quantitative estimate of drug-likeness (QED) is 0.876. The second-order valence-corrected chi connectivity index (χ2v) is 7.46. The minimum atomic E-state index is 0.415. The lowest BCUT2D eigenvalue weighted by Gasteiger charge is -2.53. The molecule has 1 aromatic rings. The summed E-state index contributed by atoms with van der Waals surface area (Å²) in [6, 6.07) is 0. The smallest absolute Gasteiger partial charge is 0.170 e. The average Bonchev–Trinajstić information content (AvgIpc) is 2.69. The minimum absolute atomic E-state index is 0.415. The molecule has 4 saturated carbocycles. The Morgan fingerprint density at radius 2 is 1.63 bits per heavy atom. The fourth-order valence-corrected chi connectivity index (χ4v) is 5.50. The van der Waals surface area contributed by atoms with E-state index in [-0.39, 0.29) is 0 Å². The third-order valence-corrected chi connectivity index (χ3v) is 5.89. The zero-order chi connectivity index (χ0) is 13.1.